The maximum atomic E-state index is 13.2. The molecule has 1 saturated heterocycles. The highest BCUT2D eigenvalue weighted by atomic mass is 19.4. The summed E-state index contributed by atoms with van der Waals surface area (Å²) in [5, 5.41) is 0. The Kier molecular flexibility index (Phi) is 9.63. The average molecular weight is 552 g/mol. The third-order valence-corrected chi connectivity index (χ3v) is 7.65. The maximum absolute atomic E-state index is 13.2. The normalized spacial score (nSPS) is 15.2. The molecule has 1 atom stereocenters. The molecule has 0 N–H and O–H groups in total. The number of alkyl halides is 3. The fraction of sp³-hybridized carbons (Fsp3) is 0.375. The van der Waals surface area contributed by atoms with E-state index in [9.17, 15) is 22.8 Å². The molecule has 0 radical (unpaired) electrons. The predicted molar refractivity (Wildman–Crippen MR) is 150 cm³/mol. The van der Waals surface area contributed by atoms with Gasteiger partial charge in [-0.25, -0.2) is 0 Å². The van der Waals surface area contributed by atoms with E-state index in [0.717, 1.165) is 12.1 Å². The third-order valence-electron chi connectivity index (χ3n) is 7.65. The summed E-state index contributed by atoms with van der Waals surface area (Å²) in [7, 11) is 0. The lowest BCUT2D eigenvalue weighted by atomic mass is 9.96. The number of halogens is 3. The van der Waals surface area contributed by atoms with Gasteiger partial charge in [-0.05, 0) is 42.7 Å². The van der Waals surface area contributed by atoms with E-state index in [1.807, 2.05) is 55.1 Å². The molecule has 0 saturated carbocycles. The van der Waals surface area contributed by atoms with Gasteiger partial charge in [0.1, 0.15) is 0 Å². The minimum absolute atomic E-state index is 0.0240. The van der Waals surface area contributed by atoms with E-state index in [-0.39, 0.29) is 36.5 Å². The van der Waals surface area contributed by atoms with Crippen molar-refractivity contribution in [2.24, 2.45) is 0 Å². The third kappa shape index (κ3) is 7.10. The molecule has 40 heavy (non-hydrogen) atoms. The van der Waals surface area contributed by atoms with Gasteiger partial charge in [-0.15, -0.1) is 0 Å². The van der Waals surface area contributed by atoms with Crippen LogP contribution in [0.15, 0.2) is 84.9 Å². The van der Waals surface area contributed by atoms with Crippen LogP contribution in [0, 0.1) is 0 Å². The molecule has 1 aliphatic heterocycles. The smallest absolute Gasteiger partial charge is 0.340 e. The molecular weight excluding hydrogens is 515 g/mol. The standard InChI is InChI=1S/C32H36F3N3O2/c1-3-24(2)38(31(40)27-15-10-16-28(23-27)32(33,34)35)18-17-29(39)36-19-21-37(22-20-36)30(25-11-6-4-7-12-25)26-13-8-5-9-14-26/h4-16,23-24,30H,3,17-22H2,1-2H3. The summed E-state index contributed by atoms with van der Waals surface area (Å²) >= 11 is 0. The Morgan fingerprint density at radius 3 is 1.95 bits per heavy atom. The number of piperazine rings is 1. The predicted octanol–water partition coefficient (Wildman–Crippen LogP) is 6.27. The summed E-state index contributed by atoms with van der Waals surface area (Å²) in [5.41, 5.74) is 1.52. The van der Waals surface area contributed by atoms with Crippen molar-refractivity contribution >= 4 is 11.8 Å². The zero-order valence-corrected chi connectivity index (χ0v) is 23.0. The number of benzene rings is 3. The molecule has 1 heterocycles. The van der Waals surface area contributed by atoms with Gasteiger partial charge in [-0.2, -0.15) is 13.2 Å². The van der Waals surface area contributed by atoms with Crippen molar-refractivity contribution in [1.29, 1.82) is 0 Å². The number of nitrogens with zero attached hydrogens (tertiary/aromatic N) is 3. The summed E-state index contributed by atoms with van der Waals surface area (Å²) in [4.78, 5) is 32.2. The summed E-state index contributed by atoms with van der Waals surface area (Å²) in [6.45, 7) is 6.46. The molecule has 2 amide bonds. The van der Waals surface area contributed by atoms with Crippen molar-refractivity contribution in [3.05, 3.63) is 107 Å². The lowest BCUT2D eigenvalue weighted by Gasteiger charge is -2.40. The van der Waals surface area contributed by atoms with Gasteiger partial charge in [0, 0.05) is 50.7 Å². The zero-order valence-electron chi connectivity index (χ0n) is 23.0. The summed E-state index contributed by atoms with van der Waals surface area (Å²) in [6, 6.07) is 25.0. The number of carbonyl (C=O) groups is 2. The van der Waals surface area contributed by atoms with Gasteiger partial charge < -0.3 is 9.80 Å². The molecular formula is C32H36F3N3O2. The van der Waals surface area contributed by atoms with Crippen LogP contribution in [0.1, 0.15) is 59.8 Å². The molecule has 4 rings (SSSR count). The van der Waals surface area contributed by atoms with Crippen molar-refractivity contribution in [2.45, 2.75) is 44.9 Å². The van der Waals surface area contributed by atoms with Crippen molar-refractivity contribution in [1.82, 2.24) is 14.7 Å². The number of hydrogen-bond donors (Lipinski definition) is 0. The van der Waals surface area contributed by atoms with Gasteiger partial charge in [-0.3, -0.25) is 14.5 Å². The van der Waals surface area contributed by atoms with Gasteiger partial charge in [-0.1, -0.05) is 73.7 Å². The second kappa shape index (κ2) is 13.1. The van der Waals surface area contributed by atoms with Crippen LogP contribution in [0.5, 0.6) is 0 Å². The number of hydrogen-bond acceptors (Lipinski definition) is 3. The molecule has 1 aliphatic rings. The van der Waals surface area contributed by atoms with Crippen LogP contribution >= 0.6 is 0 Å². The van der Waals surface area contributed by atoms with E-state index in [1.165, 1.54) is 28.2 Å². The number of amides is 2. The van der Waals surface area contributed by atoms with Gasteiger partial charge in [0.05, 0.1) is 11.6 Å². The van der Waals surface area contributed by atoms with E-state index < -0.39 is 17.6 Å². The van der Waals surface area contributed by atoms with Crippen molar-refractivity contribution < 1.29 is 22.8 Å². The summed E-state index contributed by atoms with van der Waals surface area (Å²) in [6.07, 6.45) is -3.79. The molecule has 1 fully saturated rings. The SMILES string of the molecule is CCC(C)N(CCC(=O)N1CCN(C(c2ccccc2)c2ccccc2)CC1)C(=O)c1cccc(C(F)(F)F)c1. The maximum Gasteiger partial charge on any atom is 0.416 e. The van der Waals surface area contributed by atoms with Crippen LogP contribution in [0.25, 0.3) is 0 Å². The lowest BCUT2D eigenvalue weighted by molar-refractivity contribution is -0.137. The number of carbonyl (C=O) groups excluding carboxylic acids is 2. The van der Waals surface area contributed by atoms with Gasteiger partial charge >= 0.3 is 6.18 Å². The van der Waals surface area contributed by atoms with Crippen LogP contribution in [-0.4, -0.2) is 65.3 Å². The minimum Gasteiger partial charge on any atom is -0.340 e. The van der Waals surface area contributed by atoms with E-state index in [2.05, 4.69) is 29.2 Å². The van der Waals surface area contributed by atoms with Gasteiger partial charge in [0.2, 0.25) is 5.91 Å². The highest BCUT2D eigenvalue weighted by molar-refractivity contribution is 5.95. The largest absolute Gasteiger partial charge is 0.416 e. The van der Waals surface area contributed by atoms with E-state index in [1.54, 1.807) is 0 Å². The highest BCUT2D eigenvalue weighted by Gasteiger charge is 2.32. The Hall–Kier alpha value is -3.65. The molecule has 3 aromatic rings. The monoisotopic (exact) mass is 551 g/mol. The first-order valence-corrected chi connectivity index (χ1v) is 13.8. The van der Waals surface area contributed by atoms with Gasteiger partial charge in [0.15, 0.2) is 0 Å². The first-order chi connectivity index (χ1) is 19.2. The van der Waals surface area contributed by atoms with E-state index in [4.69, 9.17) is 0 Å². The Morgan fingerprint density at radius 1 is 0.850 bits per heavy atom. The minimum atomic E-state index is -4.53. The summed E-state index contributed by atoms with van der Waals surface area (Å²) < 4.78 is 39.6. The molecule has 8 heteroatoms. The molecule has 0 spiro atoms. The zero-order chi connectivity index (χ0) is 28.7. The van der Waals surface area contributed by atoms with E-state index in [0.29, 0.717) is 32.6 Å². The molecule has 3 aromatic carbocycles. The molecule has 212 valence electrons. The molecule has 0 aromatic heterocycles. The van der Waals surface area contributed by atoms with Crippen molar-refractivity contribution in [2.75, 3.05) is 32.7 Å². The fourth-order valence-electron chi connectivity index (χ4n) is 5.23. The first kappa shape index (κ1) is 29.3. The topological polar surface area (TPSA) is 43.9 Å². The molecule has 0 bridgehead atoms. The second-order valence-electron chi connectivity index (χ2n) is 10.2. The van der Waals surface area contributed by atoms with Gasteiger partial charge in [0.25, 0.3) is 5.91 Å². The molecule has 1 unspecified atom stereocenters. The Labute approximate surface area is 234 Å². The van der Waals surface area contributed by atoms with Crippen molar-refractivity contribution in [3.63, 3.8) is 0 Å². The Morgan fingerprint density at radius 2 is 1.43 bits per heavy atom. The van der Waals surface area contributed by atoms with Crippen LogP contribution in [0.2, 0.25) is 0 Å². The van der Waals surface area contributed by atoms with E-state index >= 15 is 0 Å². The quantitative estimate of drug-likeness (QED) is 0.315. The van der Waals surface area contributed by atoms with Crippen LogP contribution < -0.4 is 0 Å². The average Bonchev–Trinajstić information content (AvgIpc) is 2.98. The van der Waals surface area contributed by atoms with Crippen LogP contribution in [0.4, 0.5) is 13.2 Å². The lowest BCUT2D eigenvalue weighted by Crippen LogP contribution is -2.50. The first-order valence-electron chi connectivity index (χ1n) is 13.8. The van der Waals surface area contributed by atoms with Crippen LogP contribution in [-0.2, 0) is 11.0 Å². The molecule has 0 aliphatic carbocycles. The van der Waals surface area contributed by atoms with Crippen molar-refractivity contribution in [3.8, 4) is 0 Å². The summed E-state index contributed by atoms with van der Waals surface area (Å²) in [5.74, 6) is -0.549. The Balaban J connectivity index is 1.40. The number of rotatable bonds is 9. The van der Waals surface area contributed by atoms with Crippen LogP contribution in [0.3, 0.4) is 0 Å². The highest BCUT2D eigenvalue weighted by Crippen LogP contribution is 2.31. The fourth-order valence-corrected chi connectivity index (χ4v) is 5.23. The molecule has 5 nitrogen and oxygen atoms in total. The Bertz CT molecular complexity index is 1220. The second-order valence-corrected chi connectivity index (χ2v) is 10.2.